The smallest absolute Gasteiger partial charge is 0.324 e. The summed E-state index contributed by atoms with van der Waals surface area (Å²) in [6.07, 6.45) is 11.2. The molecule has 3 aliphatic heterocycles. The van der Waals surface area contributed by atoms with Crippen LogP contribution in [-0.4, -0.2) is 77.8 Å². The number of rotatable bonds is 8. The molecule has 2 aromatic rings. The van der Waals surface area contributed by atoms with Gasteiger partial charge >= 0.3 is 6.01 Å². The van der Waals surface area contributed by atoms with E-state index in [1.54, 1.807) is 12.1 Å². The maximum Gasteiger partial charge on any atom is 0.324 e. The fraction of sp³-hybridized carbons (Fsp3) is 0.667. The molecule has 1 unspecified atom stereocenters. The first-order valence-electron chi connectivity index (χ1n) is 16.2. The van der Waals surface area contributed by atoms with Crippen molar-refractivity contribution in [2.75, 3.05) is 50.8 Å². The SMILES string of the molecule is CC(C)c1noc(N2CCC(COc3ccc(C4=CCC(C(=O)N5CCC(N6CCCC6)CC5)CC4)cc3F)CC2)n1. The minimum Gasteiger partial charge on any atom is -0.490 e. The third-order valence-corrected chi connectivity index (χ3v) is 9.80. The van der Waals surface area contributed by atoms with Gasteiger partial charge in [-0.25, -0.2) is 4.39 Å². The molecule has 0 radical (unpaired) electrons. The van der Waals surface area contributed by atoms with Crippen molar-refractivity contribution in [3.8, 4) is 5.75 Å². The van der Waals surface area contributed by atoms with Crippen LogP contribution in [0.4, 0.5) is 10.4 Å². The number of anilines is 1. The highest BCUT2D eigenvalue weighted by molar-refractivity contribution is 5.81. The molecule has 4 aliphatic rings. The van der Waals surface area contributed by atoms with E-state index >= 15 is 4.39 Å². The van der Waals surface area contributed by atoms with E-state index in [1.165, 1.54) is 25.9 Å². The summed E-state index contributed by atoms with van der Waals surface area (Å²) in [5.41, 5.74) is 2.03. The van der Waals surface area contributed by atoms with E-state index in [9.17, 15) is 4.79 Å². The number of likely N-dealkylation sites (tertiary alicyclic amines) is 2. The first-order valence-corrected chi connectivity index (χ1v) is 16.2. The lowest BCUT2D eigenvalue weighted by atomic mass is 9.85. The molecule has 3 saturated heterocycles. The van der Waals surface area contributed by atoms with Gasteiger partial charge in [-0.1, -0.05) is 31.1 Å². The van der Waals surface area contributed by atoms with Gasteiger partial charge in [-0.15, -0.1) is 0 Å². The Morgan fingerprint density at radius 2 is 1.81 bits per heavy atom. The standard InChI is InChI=1S/C33H46FN5O3/c1-23(2)31-35-33(42-36-31)39-17-11-24(12-18-39)22-41-30-10-9-27(21-29(30)34)25-5-7-26(8-6-25)32(40)38-19-13-28(14-20-38)37-15-3-4-16-37/h5,9-10,21,23-24,26,28H,3-4,6-8,11-20,22H2,1-2H3. The largest absolute Gasteiger partial charge is 0.490 e. The zero-order valence-corrected chi connectivity index (χ0v) is 25.3. The van der Waals surface area contributed by atoms with E-state index in [2.05, 4.69) is 30.9 Å². The Bertz CT molecular complexity index is 1240. The number of halogens is 1. The van der Waals surface area contributed by atoms with Gasteiger partial charge in [0.15, 0.2) is 17.4 Å². The molecule has 6 rings (SSSR count). The average molecular weight is 580 g/mol. The second-order valence-electron chi connectivity index (χ2n) is 13.0. The number of benzene rings is 1. The first-order chi connectivity index (χ1) is 20.4. The lowest BCUT2D eigenvalue weighted by Crippen LogP contribution is -2.47. The van der Waals surface area contributed by atoms with Crippen molar-refractivity contribution in [3.63, 3.8) is 0 Å². The highest BCUT2D eigenvalue weighted by Crippen LogP contribution is 2.34. The first kappa shape index (κ1) is 29.1. The van der Waals surface area contributed by atoms with Gasteiger partial charge in [0.2, 0.25) is 5.91 Å². The molecule has 1 aliphatic carbocycles. The maximum atomic E-state index is 15.0. The van der Waals surface area contributed by atoms with E-state index in [1.807, 2.05) is 19.9 Å². The van der Waals surface area contributed by atoms with Gasteiger partial charge in [0.1, 0.15) is 0 Å². The summed E-state index contributed by atoms with van der Waals surface area (Å²) in [5, 5.41) is 4.06. The van der Waals surface area contributed by atoms with Crippen LogP contribution in [0.25, 0.3) is 5.57 Å². The van der Waals surface area contributed by atoms with Crippen LogP contribution in [0.15, 0.2) is 28.8 Å². The molecule has 0 N–H and O–H groups in total. The molecular formula is C33H46FN5O3. The van der Waals surface area contributed by atoms with Crippen molar-refractivity contribution in [3.05, 3.63) is 41.5 Å². The number of carbonyl (C=O) groups is 1. The molecule has 8 nitrogen and oxygen atoms in total. The Morgan fingerprint density at radius 3 is 2.45 bits per heavy atom. The highest BCUT2D eigenvalue weighted by atomic mass is 19.1. The molecule has 228 valence electrons. The van der Waals surface area contributed by atoms with E-state index in [0.29, 0.717) is 36.2 Å². The van der Waals surface area contributed by atoms with Crippen LogP contribution in [0.1, 0.15) is 88.9 Å². The molecule has 0 bridgehead atoms. The summed E-state index contributed by atoms with van der Waals surface area (Å²) in [6.45, 7) is 10.5. The lowest BCUT2D eigenvalue weighted by Gasteiger charge is -2.38. The molecular weight excluding hydrogens is 533 g/mol. The highest BCUT2D eigenvalue weighted by Gasteiger charge is 2.32. The Hall–Kier alpha value is -2.94. The van der Waals surface area contributed by atoms with E-state index in [0.717, 1.165) is 88.1 Å². The van der Waals surface area contributed by atoms with Crippen LogP contribution in [0.5, 0.6) is 5.75 Å². The normalized spacial score (nSPS) is 23.0. The number of aromatic nitrogens is 2. The van der Waals surface area contributed by atoms with Crippen molar-refractivity contribution in [1.29, 1.82) is 0 Å². The topological polar surface area (TPSA) is 74.9 Å². The van der Waals surface area contributed by atoms with Crippen LogP contribution in [0.3, 0.4) is 0 Å². The van der Waals surface area contributed by atoms with Gasteiger partial charge in [0.05, 0.1) is 6.61 Å². The number of nitrogens with zero attached hydrogens (tertiary/aromatic N) is 5. The third kappa shape index (κ3) is 6.66. The van der Waals surface area contributed by atoms with Crippen LogP contribution >= 0.6 is 0 Å². The minimum atomic E-state index is -0.322. The van der Waals surface area contributed by atoms with Crippen LogP contribution in [0, 0.1) is 17.7 Å². The van der Waals surface area contributed by atoms with Gasteiger partial charge in [0, 0.05) is 44.1 Å². The van der Waals surface area contributed by atoms with E-state index < -0.39 is 0 Å². The molecule has 42 heavy (non-hydrogen) atoms. The van der Waals surface area contributed by atoms with Gasteiger partial charge in [-0.2, -0.15) is 4.98 Å². The Labute approximate surface area is 249 Å². The van der Waals surface area contributed by atoms with Gasteiger partial charge in [-0.05, 0) is 100 Å². The zero-order chi connectivity index (χ0) is 29.1. The molecule has 1 aromatic heterocycles. The average Bonchev–Trinajstić information content (AvgIpc) is 3.74. The summed E-state index contributed by atoms with van der Waals surface area (Å²) < 4.78 is 26.4. The Morgan fingerprint density at radius 1 is 1.05 bits per heavy atom. The van der Waals surface area contributed by atoms with Gasteiger partial charge in [-0.3, -0.25) is 4.79 Å². The molecule has 9 heteroatoms. The number of carbonyl (C=O) groups excluding carboxylic acids is 1. The molecule has 4 heterocycles. The summed E-state index contributed by atoms with van der Waals surface area (Å²) in [5.74, 6) is 1.67. The zero-order valence-electron chi connectivity index (χ0n) is 25.3. The number of allylic oxidation sites excluding steroid dienone is 2. The monoisotopic (exact) mass is 579 g/mol. The number of amides is 1. The molecule has 3 fully saturated rings. The van der Waals surface area contributed by atoms with Crippen LogP contribution in [-0.2, 0) is 4.79 Å². The number of hydrogen-bond acceptors (Lipinski definition) is 7. The number of piperidine rings is 2. The van der Waals surface area contributed by atoms with E-state index in [-0.39, 0.29) is 17.7 Å². The molecule has 0 spiro atoms. The van der Waals surface area contributed by atoms with Crippen molar-refractivity contribution in [1.82, 2.24) is 19.9 Å². The molecule has 1 atom stereocenters. The van der Waals surface area contributed by atoms with Crippen molar-refractivity contribution >= 4 is 17.5 Å². The summed E-state index contributed by atoms with van der Waals surface area (Å²) in [4.78, 5) is 24.6. The third-order valence-electron chi connectivity index (χ3n) is 9.80. The second kappa shape index (κ2) is 13.1. The number of hydrogen-bond donors (Lipinski definition) is 0. The van der Waals surface area contributed by atoms with Crippen LogP contribution in [0.2, 0.25) is 0 Å². The van der Waals surface area contributed by atoms with Crippen molar-refractivity contribution < 1.29 is 18.4 Å². The van der Waals surface area contributed by atoms with Crippen LogP contribution < -0.4 is 9.64 Å². The van der Waals surface area contributed by atoms with Crippen molar-refractivity contribution in [2.24, 2.45) is 11.8 Å². The fourth-order valence-corrected chi connectivity index (χ4v) is 7.04. The quantitative estimate of drug-likeness (QED) is 0.386. The molecule has 0 saturated carbocycles. The lowest BCUT2D eigenvalue weighted by molar-refractivity contribution is -0.137. The summed E-state index contributed by atoms with van der Waals surface area (Å²) in [6, 6.07) is 6.56. The fourth-order valence-electron chi connectivity index (χ4n) is 7.04. The predicted octanol–water partition coefficient (Wildman–Crippen LogP) is 5.90. The van der Waals surface area contributed by atoms with Gasteiger partial charge in [0.25, 0.3) is 0 Å². The Kier molecular flexibility index (Phi) is 9.12. The van der Waals surface area contributed by atoms with Crippen molar-refractivity contribution in [2.45, 2.75) is 83.6 Å². The minimum absolute atomic E-state index is 0.0491. The predicted molar refractivity (Wildman–Crippen MR) is 161 cm³/mol. The second-order valence-corrected chi connectivity index (χ2v) is 13.0. The summed E-state index contributed by atoms with van der Waals surface area (Å²) in [7, 11) is 0. The molecule has 1 amide bonds. The van der Waals surface area contributed by atoms with Gasteiger partial charge < -0.3 is 24.0 Å². The Balaban J connectivity index is 0.951. The number of ether oxygens (including phenoxy) is 1. The van der Waals surface area contributed by atoms with E-state index in [4.69, 9.17) is 9.26 Å². The molecule has 1 aromatic carbocycles. The summed E-state index contributed by atoms with van der Waals surface area (Å²) >= 11 is 0. The maximum absolute atomic E-state index is 15.0.